The fraction of sp³-hybridized carbons (Fsp3) is 0.567. The lowest BCUT2D eigenvalue weighted by molar-refractivity contribution is -0.173. The monoisotopic (exact) mass is 494 g/mol. The lowest BCUT2D eigenvalue weighted by atomic mass is 9.53. The van der Waals surface area contributed by atoms with Gasteiger partial charge in [0.2, 0.25) is 0 Å². The molecule has 36 heavy (non-hydrogen) atoms. The van der Waals surface area contributed by atoms with E-state index in [4.69, 9.17) is 15.2 Å². The Hall–Kier alpha value is -2.60. The number of ether oxygens (including phenoxy) is 2. The molecule has 2 aromatic rings. The molecule has 0 radical (unpaired) electrons. The number of hydrogen-bond donors (Lipinski definition) is 1. The third-order valence-electron chi connectivity index (χ3n) is 8.79. The molecular weight excluding hydrogens is 455 g/mol. The molecule has 1 aliphatic carbocycles. The van der Waals surface area contributed by atoms with Crippen LogP contribution in [0.2, 0.25) is 0 Å². The SMILES string of the molecule is CC(C)COc1cccc(-c2cc3c(cc2F)[C@@](OC(N)=O)([C@@H]2CN4CCC2CC4)C(C)(C)CC3)c1. The summed E-state index contributed by atoms with van der Waals surface area (Å²) in [4.78, 5) is 14.9. The summed E-state index contributed by atoms with van der Waals surface area (Å²) >= 11 is 0. The fourth-order valence-electron chi connectivity index (χ4n) is 6.96. The Labute approximate surface area is 214 Å². The van der Waals surface area contributed by atoms with E-state index in [1.54, 1.807) is 6.07 Å². The molecule has 2 bridgehead atoms. The van der Waals surface area contributed by atoms with Crippen LogP contribution < -0.4 is 10.5 Å². The van der Waals surface area contributed by atoms with Crippen molar-refractivity contribution >= 4 is 6.09 Å². The minimum Gasteiger partial charge on any atom is -0.493 e. The molecular formula is C30H39FN2O3. The Balaban J connectivity index is 1.61. The number of fused-ring (bicyclic) bond motifs is 4. The van der Waals surface area contributed by atoms with Crippen LogP contribution in [0.5, 0.6) is 5.75 Å². The number of carbonyl (C=O) groups excluding carboxylic acids is 1. The Morgan fingerprint density at radius 3 is 2.58 bits per heavy atom. The first-order valence-electron chi connectivity index (χ1n) is 13.4. The van der Waals surface area contributed by atoms with Gasteiger partial charge < -0.3 is 20.1 Å². The molecule has 0 unspecified atom stereocenters. The molecule has 5 nitrogen and oxygen atoms in total. The Bertz CT molecular complexity index is 1140. The molecule has 3 heterocycles. The van der Waals surface area contributed by atoms with Crippen molar-refractivity contribution in [1.82, 2.24) is 4.90 Å². The first kappa shape index (κ1) is 25.1. The van der Waals surface area contributed by atoms with Crippen LogP contribution >= 0.6 is 0 Å². The average Bonchev–Trinajstić information content (AvgIpc) is 2.85. The smallest absolute Gasteiger partial charge is 0.405 e. The standard InChI is InChI=1S/C30H39FN2O3/c1-19(2)18-35-23-7-5-6-21(14-23)24-15-22-8-11-29(3,4)30(36-28(32)34,25(22)16-27(24)31)26-17-33-12-9-20(26)10-13-33/h5-7,14-16,19-20,26H,8-13,17-18H2,1-4H3,(H2,32,34)/t26-,30-/m1/s1. The third kappa shape index (κ3) is 4.27. The maximum absolute atomic E-state index is 16.0. The maximum Gasteiger partial charge on any atom is 0.405 e. The second kappa shape index (κ2) is 9.37. The van der Waals surface area contributed by atoms with Gasteiger partial charge in [0.1, 0.15) is 17.2 Å². The minimum absolute atomic E-state index is 0.0829. The van der Waals surface area contributed by atoms with E-state index >= 15 is 4.39 Å². The molecule has 4 aliphatic rings. The highest BCUT2D eigenvalue weighted by molar-refractivity contribution is 5.69. The highest BCUT2D eigenvalue weighted by atomic mass is 19.1. The van der Waals surface area contributed by atoms with Crippen LogP contribution in [0, 0.1) is 29.0 Å². The van der Waals surface area contributed by atoms with E-state index in [0.717, 1.165) is 67.8 Å². The van der Waals surface area contributed by atoms with Crippen molar-refractivity contribution < 1.29 is 18.7 Å². The molecule has 3 aliphatic heterocycles. The summed E-state index contributed by atoms with van der Waals surface area (Å²) in [6.45, 7) is 12.1. The van der Waals surface area contributed by atoms with Crippen molar-refractivity contribution in [2.24, 2.45) is 28.9 Å². The zero-order valence-corrected chi connectivity index (χ0v) is 22.0. The predicted molar refractivity (Wildman–Crippen MR) is 139 cm³/mol. The summed E-state index contributed by atoms with van der Waals surface area (Å²) in [5.74, 6) is 1.34. The van der Waals surface area contributed by atoms with E-state index < -0.39 is 11.7 Å². The second-order valence-electron chi connectivity index (χ2n) is 12.0. The maximum atomic E-state index is 16.0. The normalized spacial score (nSPS) is 28.6. The van der Waals surface area contributed by atoms with Crippen LogP contribution in [0.3, 0.4) is 0 Å². The number of amides is 1. The molecule has 6 rings (SSSR count). The molecule has 2 atom stereocenters. The zero-order chi connectivity index (χ0) is 25.7. The van der Waals surface area contributed by atoms with Gasteiger partial charge in [0.25, 0.3) is 0 Å². The highest BCUT2D eigenvalue weighted by Gasteiger charge is 2.61. The lowest BCUT2D eigenvalue weighted by Crippen LogP contribution is -2.62. The van der Waals surface area contributed by atoms with E-state index in [1.165, 1.54) is 0 Å². The van der Waals surface area contributed by atoms with Gasteiger partial charge in [-0.2, -0.15) is 0 Å². The summed E-state index contributed by atoms with van der Waals surface area (Å²) in [5.41, 5.74) is 7.56. The number of nitrogens with two attached hydrogens (primary N) is 1. The molecule has 0 saturated carbocycles. The van der Waals surface area contributed by atoms with Gasteiger partial charge in [0, 0.05) is 29.0 Å². The van der Waals surface area contributed by atoms with Crippen LogP contribution in [0.15, 0.2) is 36.4 Å². The van der Waals surface area contributed by atoms with Crippen LogP contribution in [0.4, 0.5) is 9.18 Å². The topological polar surface area (TPSA) is 64.8 Å². The van der Waals surface area contributed by atoms with E-state index in [0.29, 0.717) is 24.0 Å². The number of nitrogens with zero attached hydrogens (tertiary/aromatic N) is 1. The number of halogens is 1. The largest absolute Gasteiger partial charge is 0.493 e. The molecule has 1 amide bonds. The van der Waals surface area contributed by atoms with Gasteiger partial charge in [0.05, 0.1) is 6.61 Å². The van der Waals surface area contributed by atoms with Gasteiger partial charge in [-0.05, 0) is 86.0 Å². The average molecular weight is 495 g/mol. The molecule has 2 aromatic carbocycles. The number of benzene rings is 2. The van der Waals surface area contributed by atoms with E-state index in [9.17, 15) is 4.79 Å². The van der Waals surface area contributed by atoms with E-state index in [1.807, 2.05) is 30.3 Å². The third-order valence-corrected chi connectivity index (χ3v) is 8.79. The van der Waals surface area contributed by atoms with Crippen molar-refractivity contribution in [3.8, 4) is 16.9 Å². The Kier molecular flexibility index (Phi) is 6.52. The number of primary amides is 1. The second-order valence-corrected chi connectivity index (χ2v) is 12.0. The predicted octanol–water partition coefficient (Wildman–Crippen LogP) is 6.13. The summed E-state index contributed by atoms with van der Waals surface area (Å²) in [7, 11) is 0. The fourth-order valence-corrected chi connectivity index (χ4v) is 6.96. The van der Waals surface area contributed by atoms with Crippen molar-refractivity contribution in [3.63, 3.8) is 0 Å². The highest BCUT2D eigenvalue weighted by Crippen LogP contribution is 2.59. The molecule has 194 valence electrons. The first-order valence-corrected chi connectivity index (χ1v) is 13.4. The summed E-state index contributed by atoms with van der Waals surface area (Å²) in [5, 5.41) is 0. The number of hydrogen-bond acceptors (Lipinski definition) is 4. The van der Waals surface area contributed by atoms with Crippen LogP contribution in [-0.4, -0.2) is 37.2 Å². The molecule has 2 N–H and O–H groups in total. The van der Waals surface area contributed by atoms with Gasteiger partial charge in [-0.15, -0.1) is 0 Å². The quantitative estimate of drug-likeness (QED) is 0.524. The van der Waals surface area contributed by atoms with Crippen molar-refractivity contribution in [2.75, 3.05) is 26.2 Å². The Morgan fingerprint density at radius 2 is 1.94 bits per heavy atom. The van der Waals surface area contributed by atoms with Crippen LogP contribution in [0.25, 0.3) is 11.1 Å². The summed E-state index contributed by atoms with van der Waals surface area (Å²) in [6.07, 6.45) is 2.99. The summed E-state index contributed by atoms with van der Waals surface area (Å²) < 4.78 is 28.1. The molecule has 6 heteroatoms. The van der Waals surface area contributed by atoms with Crippen molar-refractivity contribution in [2.45, 2.75) is 59.0 Å². The Morgan fingerprint density at radius 1 is 1.19 bits per heavy atom. The minimum atomic E-state index is -0.961. The number of carbonyl (C=O) groups is 1. The van der Waals surface area contributed by atoms with Gasteiger partial charge >= 0.3 is 6.09 Å². The molecule has 3 fully saturated rings. The van der Waals surface area contributed by atoms with Gasteiger partial charge in [0.15, 0.2) is 0 Å². The van der Waals surface area contributed by atoms with E-state index in [2.05, 4.69) is 32.6 Å². The zero-order valence-electron chi connectivity index (χ0n) is 22.0. The van der Waals surface area contributed by atoms with Crippen molar-refractivity contribution in [3.05, 3.63) is 53.3 Å². The molecule has 3 saturated heterocycles. The van der Waals surface area contributed by atoms with Gasteiger partial charge in [-0.1, -0.05) is 39.8 Å². The van der Waals surface area contributed by atoms with Crippen LogP contribution in [-0.2, 0) is 16.8 Å². The molecule has 0 aromatic heterocycles. The number of aryl methyl sites for hydroxylation is 1. The lowest BCUT2D eigenvalue weighted by Gasteiger charge is -2.59. The summed E-state index contributed by atoms with van der Waals surface area (Å²) in [6, 6.07) is 11.2. The number of rotatable bonds is 6. The van der Waals surface area contributed by atoms with Crippen molar-refractivity contribution in [1.29, 1.82) is 0 Å². The number of piperidine rings is 3. The van der Waals surface area contributed by atoms with Gasteiger partial charge in [-0.3, -0.25) is 0 Å². The van der Waals surface area contributed by atoms with E-state index in [-0.39, 0.29) is 17.2 Å². The molecule has 0 spiro atoms. The van der Waals surface area contributed by atoms with Gasteiger partial charge in [-0.25, -0.2) is 9.18 Å². The first-order chi connectivity index (χ1) is 17.1. The van der Waals surface area contributed by atoms with Crippen LogP contribution in [0.1, 0.15) is 58.1 Å².